The van der Waals surface area contributed by atoms with Gasteiger partial charge in [-0.2, -0.15) is 0 Å². The predicted octanol–water partition coefficient (Wildman–Crippen LogP) is 4.39. The minimum absolute atomic E-state index is 0.00463. The van der Waals surface area contributed by atoms with Crippen molar-refractivity contribution in [2.75, 3.05) is 11.4 Å². The van der Waals surface area contributed by atoms with E-state index in [2.05, 4.69) is 4.99 Å². The largest absolute Gasteiger partial charge is 0.345 e. The fraction of sp³-hybridized carbons (Fsp3) is 0.167. The quantitative estimate of drug-likeness (QED) is 0.451. The number of hydrogen-bond acceptors (Lipinski definition) is 6. The molecule has 1 aliphatic heterocycles. The molecular formula is C18H16N4O4. The zero-order chi connectivity index (χ0) is 18.7. The molecule has 0 amide bonds. The van der Waals surface area contributed by atoms with Gasteiger partial charge in [-0.1, -0.05) is 12.1 Å². The number of rotatable bonds is 5. The minimum atomic E-state index is -0.455. The van der Waals surface area contributed by atoms with Crippen LogP contribution in [0.4, 0.5) is 22.7 Å². The second-order valence-corrected chi connectivity index (χ2v) is 5.82. The first-order valence-corrected chi connectivity index (χ1v) is 7.96. The zero-order valence-corrected chi connectivity index (χ0v) is 14.0. The summed E-state index contributed by atoms with van der Waals surface area (Å²) in [6, 6.07) is 12.6. The second kappa shape index (κ2) is 7.14. The Hall–Kier alpha value is -3.55. The Morgan fingerprint density at radius 3 is 2.38 bits per heavy atom. The van der Waals surface area contributed by atoms with Crippen LogP contribution in [0.15, 0.2) is 64.8 Å². The summed E-state index contributed by atoms with van der Waals surface area (Å²) in [7, 11) is 0. The Kier molecular flexibility index (Phi) is 4.74. The van der Waals surface area contributed by atoms with Crippen LogP contribution >= 0.6 is 0 Å². The summed E-state index contributed by atoms with van der Waals surface area (Å²) in [6.45, 7) is 2.63. The van der Waals surface area contributed by atoms with Gasteiger partial charge in [-0.05, 0) is 31.1 Å². The lowest BCUT2D eigenvalue weighted by atomic mass is 10.2. The maximum absolute atomic E-state index is 11.0. The Balaban J connectivity index is 1.83. The SMILES string of the molecule is CC1=C(C=Nc2cccc([N+](=O)[O-])c2)CCN1c1cccc([N+](=O)[O-])c1. The van der Waals surface area contributed by atoms with Gasteiger partial charge in [-0.15, -0.1) is 0 Å². The van der Waals surface area contributed by atoms with Crippen LogP contribution in [0.25, 0.3) is 0 Å². The Bertz CT molecular complexity index is 936. The highest BCUT2D eigenvalue weighted by atomic mass is 16.6. The molecule has 8 heteroatoms. The molecule has 1 aliphatic rings. The van der Waals surface area contributed by atoms with E-state index in [9.17, 15) is 20.2 Å². The van der Waals surface area contributed by atoms with Crippen molar-refractivity contribution < 1.29 is 9.85 Å². The van der Waals surface area contributed by atoms with Crippen LogP contribution in [-0.4, -0.2) is 22.6 Å². The fourth-order valence-corrected chi connectivity index (χ4v) is 2.85. The Morgan fingerprint density at radius 1 is 1.04 bits per heavy atom. The van der Waals surface area contributed by atoms with E-state index in [0.29, 0.717) is 12.2 Å². The van der Waals surface area contributed by atoms with Crippen molar-refractivity contribution in [3.63, 3.8) is 0 Å². The van der Waals surface area contributed by atoms with Crippen molar-refractivity contribution in [1.29, 1.82) is 0 Å². The molecule has 0 atom stereocenters. The molecule has 3 rings (SSSR count). The molecule has 1 heterocycles. The van der Waals surface area contributed by atoms with E-state index >= 15 is 0 Å². The second-order valence-electron chi connectivity index (χ2n) is 5.82. The van der Waals surface area contributed by atoms with Gasteiger partial charge in [0.25, 0.3) is 11.4 Å². The zero-order valence-electron chi connectivity index (χ0n) is 14.0. The first-order chi connectivity index (χ1) is 12.5. The van der Waals surface area contributed by atoms with Crippen LogP contribution in [0, 0.1) is 20.2 Å². The van der Waals surface area contributed by atoms with E-state index in [1.54, 1.807) is 30.5 Å². The topological polar surface area (TPSA) is 102 Å². The van der Waals surface area contributed by atoms with Crippen LogP contribution < -0.4 is 4.90 Å². The van der Waals surface area contributed by atoms with Gasteiger partial charge in [0.1, 0.15) is 0 Å². The smallest absolute Gasteiger partial charge is 0.271 e. The average Bonchev–Trinajstić information content (AvgIpc) is 3.01. The molecule has 0 spiro atoms. The third-order valence-corrected chi connectivity index (χ3v) is 4.24. The number of aliphatic imine (C=N–C) groups is 1. The van der Waals surface area contributed by atoms with Crippen LogP contribution in [0.2, 0.25) is 0 Å². The summed E-state index contributed by atoms with van der Waals surface area (Å²) in [5, 5.41) is 21.8. The maximum Gasteiger partial charge on any atom is 0.271 e. The molecule has 0 N–H and O–H groups in total. The van der Waals surface area contributed by atoms with Crippen LogP contribution in [0.3, 0.4) is 0 Å². The number of nitro benzene ring substituents is 2. The highest BCUT2D eigenvalue weighted by Crippen LogP contribution is 2.30. The summed E-state index contributed by atoms with van der Waals surface area (Å²) in [5.74, 6) is 0. The summed E-state index contributed by atoms with van der Waals surface area (Å²) in [5.41, 5.74) is 3.26. The lowest BCUT2D eigenvalue weighted by Crippen LogP contribution is -2.16. The van der Waals surface area contributed by atoms with Crippen LogP contribution in [0.5, 0.6) is 0 Å². The van der Waals surface area contributed by atoms with Crippen molar-refractivity contribution in [2.45, 2.75) is 13.3 Å². The molecule has 0 saturated carbocycles. The van der Waals surface area contributed by atoms with E-state index in [0.717, 1.165) is 23.4 Å². The molecule has 0 aliphatic carbocycles. The molecule has 0 unspecified atom stereocenters. The van der Waals surface area contributed by atoms with Gasteiger partial charge < -0.3 is 4.90 Å². The molecule has 8 nitrogen and oxygen atoms in total. The van der Waals surface area contributed by atoms with E-state index in [1.165, 1.54) is 18.2 Å². The van der Waals surface area contributed by atoms with Crippen LogP contribution in [-0.2, 0) is 0 Å². The van der Waals surface area contributed by atoms with Crippen molar-refractivity contribution >= 4 is 29.0 Å². The molecule has 0 aromatic heterocycles. The minimum Gasteiger partial charge on any atom is -0.345 e. The summed E-state index contributed by atoms with van der Waals surface area (Å²) in [4.78, 5) is 27.3. The number of nitrogens with zero attached hydrogens (tertiary/aromatic N) is 4. The van der Waals surface area contributed by atoms with E-state index in [-0.39, 0.29) is 11.4 Å². The van der Waals surface area contributed by atoms with E-state index in [4.69, 9.17) is 0 Å². The molecule has 0 saturated heterocycles. The Morgan fingerprint density at radius 2 is 1.69 bits per heavy atom. The average molecular weight is 352 g/mol. The molecule has 132 valence electrons. The third-order valence-electron chi connectivity index (χ3n) is 4.24. The summed E-state index contributed by atoms with van der Waals surface area (Å²) < 4.78 is 0. The number of nitro groups is 2. The van der Waals surface area contributed by atoms with Gasteiger partial charge >= 0.3 is 0 Å². The highest BCUT2D eigenvalue weighted by Gasteiger charge is 2.20. The standard InChI is InChI=1S/C18H16N4O4/c1-13-14(12-19-15-4-2-6-17(10-15)21(23)24)8-9-20(13)16-5-3-7-18(11-16)22(25)26/h2-7,10-12H,8-9H2,1H3. The monoisotopic (exact) mass is 352 g/mol. The first-order valence-electron chi connectivity index (χ1n) is 7.96. The number of benzene rings is 2. The highest BCUT2D eigenvalue weighted by molar-refractivity contribution is 5.85. The molecule has 2 aromatic carbocycles. The lowest BCUT2D eigenvalue weighted by Gasteiger charge is -2.19. The van der Waals surface area contributed by atoms with Crippen molar-refractivity contribution in [3.8, 4) is 0 Å². The lowest BCUT2D eigenvalue weighted by molar-refractivity contribution is -0.385. The number of hydrogen-bond donors (Lipinski definition) is 0. The molecular weight excluding hydrogens is 336 g/mol. The van der Waals surface area contributed by atoms with Crippen molar-refractivity contribution in [2.24, 2.45) is 4.99 Å². The first kappa shape index (κ1) is 17.3. The number of non-ortho nitro benzene ring substituents is 2. The summed E-state index contributed by atoms with van der Waals surface area (Å²) in [6.07, 6.45) is 2.44. The molecule has 0 fully saturated rings. The molecule has 26 heavy (non-hydrogen) atoms. The predicted molar refractivity (Wildman–Crippen MR) is 99.0 cm³/mol. The normalized spacial score (nSPS) is 14.3. The van der Waals surface area contributed by atoms with Gasteiger partial charge in [0.05, 0.1) is 15.5 Å². The van der Waals surface area contributed by atoms with Crippen LogP contribution in [0.1, 0.15) is 13.3 Å². The number of allylic oxidation sites excluding steroid dienone is 1. The van der Waals surface area contributed by atoms with Gasteiger partial charge in [0.15, 0.2) is 0 Å². The molecule has 2 aromatic rings. The molecule has 0 bridgehead atoms. The van der Waals surface area contributed by atoms with Gasteiger partial charge in [0.2, 0.25) is 0 Å². The van der Waals surface area contributed by atoms with Gasteiger partial charge in [0, 0.05) is 48.4 Å². The number of anilines is 1. The van der Waals surface area contributed by atoms with Gasteiger partial charge in [-0.25, -0.2) is 0 Å². The molecule has 0 radical (unpaired) electrons. The van der Waals surface area contributed by atoms with Crippen molar-refractivity contribution in [3.05, 3.63) is 80.0 Å². The summed E-state index contributed by atoms with van der Waals surface area (Å²) >= 11 is 0. The fourth-order valence-electron chi connectivity index (χ4n) is 2.85. The van der Waals surface area contributed by atoms with Crippen molar-refractivity contribution in [1.82, 2.24) is 0 Å². The Labute approximate surface area is 149 Å². The third kappa shape index (κ3) is 3.59. The maximum atomic E-state index is 11.0. The van der Waals surface area contributed by atoms with E-state index < -0.39 is 9.85 Å². The van der Waals surface area contributed by atoms with Gasteiger partial charge in [-0.3, -0.25) is 25.2 Å². The van der Waals surface area contributed by atoms with E-state index in [1.807, 2.05) is 17.9 Å².